The molecule has 8 heteroatoms. The van der Waals surface area contributed by atoms with Crippen LogP contribution in [0.1, 0.15) is 28.8 Å². The SMILES string of the molecule is Cc1ccc(S(=O)(=O)N2CCCC2)cc1C(=O)Nc1nc2c(ccc3ccccc32)s1. The van der Waals surface area contributed by atoms with Gasteiger partial charge in [0.1, 0.15) is 0 Å². The second-order valence-electron chi connectivity index (χ2n) is 7.69. The number of hydrogen-bond donors (Lipinski definition) is 1. The highest BCUT2D eigenvalue weighted by Gasteiger charge is 2.28. The predicted molar refractivity (Wildman–Crippen MR) is 124 cm³/mol. The number of thiazole rings is 1. The quantitative estimate of drug-likeness (QED) is 0.484. The average Bonchev–Trinajstić information content (AvgIpc) is 3.44. The van der Waals surface area contributed by atoms with Crippen molar-refractivity contribution in [3.05, 3.63) is 65.7 Å². The maximum atomic E-state index is 13.0. The lowest BCUT2D eigenvalue weighted by atomic mass is 10.1. The zero-order valence-corrected chi connectivity index (χ0v) is 18.6. The maximum Gasteiger partial charge on any atom is 0.257 e. The third-order valence-corrected chi connectivity index (χ3v) is 8.49. The number of hydrogen-bond acceptors (Lipinski definition) is 5. The summed E-state index contributed by atoms with van der Waals surface area (Å²) in [4.78, 5) is 17.8. The fraction of sp³-hybridized carbons (Fsp3) is 0.217. The van der Waals surface area contributed by atoms with Crippen molar-refractivity contribution in [1.29, 1.82) is 0 Å². The van der Waals surface area contributed by atoms with Gasteiger partial charge in [0.15, 0.2) is 5.13 Å². The number of amides is 1. The Kier molecular flexibility index (Phi) is 5.00. The Morgan fingerprint density at radius 2 is 1.84 bits per heavy atom. The number of rotatable bonds is 4. The van der Waals surface area contributed by atoms with E-state index < -0.39 is 10.0 Å². The van der Waals surface area contributed by atoms with Crippen LogP contribution in [0.5, 0.6) is 0 Å². The number of aromatic nitrogens is 1. The van der Waals surface area contributed by atoms with Crippen molar-refractivity contribution >= 4 is 53.4 Å². The highest BCUT2D eigenvalue weighted by atomic mass is 32.2. The number of fused-ring (bicyclic) bond motifs is 3. The Morgan fingerprint density at radius 3 is 2.65 bits per heavy atom. The van der Waals surface area contributed by atoms with E-state index in [-0.39, 0.29) is 10.8 Å². The second kappa shape index (κ2) is 7.71. The molecule has 1 N–H and O–H groups in total. The number of nitrogens with one attached hydrogen (secondary N) is 1. The molecule has 0 saturated carbocycles. The van der Waals surface area contributed by atoms with Crippen LogP contribution in [-0.2, 0) is 10.0 Å². The van der Waals surface area contributed by atoms with Gasteiger partial charge in [-0.1, -0.05) is 47.7 Å². The molecular weight excluding hydrogens is 430 g/mol. The Bertz CT molecular complexity index is 1420. The molecule has 158 valence electrons. The van der Waals surface area contributed by atoms with Crippen molar-refractivity contribution in [2.24, 2.45) is 0 Å². The van der Waals surface area contributed by atoms with E-state index in [4.69, 9.17) is 0 Å². The van der Waals surface area contributed by atoms with Crippen molar-refractivity contribution in [2.75, 3.05) is 18.4 Å². The molecule has 0 unspecified atom stereocenters. The van der Waals surface area contributed by atoms with E-state index >= 15 is 0 Å². The lowest BCUT2D eigenvalue weighted by Crippen LogP contribution is -2.28. The topological polar surface area (TPSA) is 79.4 Å². The summed E-state index contributed by atoms with van der Waals surface area (Å²) in [6.07, 6.45) is 1.73. The molecule has 5 rings (SSSR count). The summed E-state index contributed by atoms with van der Waals surface area (Å²) < 4.78 is 28.3. The molecule has 0 spiro atoms. The minimum absolute atomic E-state index is 0.153. The number of sulfonamides is 1. The van der Waals surface area contributed by atoms with Crippen LogP contribution in [-0.4, -0.2) is 36.7 Å². The third-order valence-electron chi connectivity index (χ3n) is 5.66. The lowest BCUT2D eigenvalue weighted by Gasteiger charge is -2.16. The fourth-order valence-electron chi connectivity index (χ4n) is 3.96. The zero-order chi connectivity index (χ0) is 21.6. The van der Waals surface area contributed by atoms with Crippen LogP contribution in [0.3, 0.4) is 0 Å². The van der Waals surface area contributed by atoms with Crippen LogP contribution in [0.4, 0.5) is 5.13 Å². The van der Waals surface area contributed by atoms with Crippen LogP contribution < -0.4 is 5.32 Å². The lowest BCUT2D eigenvalue weighted by molar-refractivity contribution is 0.102. The van der Waals surface area contributed by atoms with Crippen molar-refractivity contribution in [2.45, 2.75) is 24.7 Å². The van der Waals surface area contributed by atoms with Crippen molar-refractivity contribution < 1.29 is 13.2 Å². The minimum Gasteiger partial charge on any atom is -0.298 e. The molecule has 1 aliphatic rings. The van der Waals surface area contributed by atoms with Gasteiger partial charge in [-0.25, -0.2) is 13.4 Å². The first-order chi connectivity index (χ1) is 14.9. The molecule has 6 nitrogen and oxygen atoms in total. The monoisotopic (exact) mass is 451 g/mol. The summed E-state index contributed by atoms with van der Waals surface area (Å²) in [5.41, 5.74) is 1.90. The van der Waals surface area contributed by atoms with Gasteiger partial charge in [-0.3, -0.25) is 10.1 Å². The first kappa shape index (κ1) is 20.1. The Morgan fingerprint density at radius 1 is 1.06 bits per heavy atom. The second-order valence-corrected chi connectivity index (χ2v) is 10.7. The first-order valence-corrected chi connectivity index (χ1v) is 12.4. The van der Waals surface area contributed by atoms with Gasteiger partial charge in [-0.15, -0.1) is 0 Å². The fourth-order valence-corrected chi connectivity index (χ4v) is 6.38. The van der Waals surface area contributed by atoms with Gasteiger partial charge in [0.05, 0.1) is 15.1 Å². The van der Waals surface area contributed by atoms with Gasteiger partial charge in [0.2, 0.25) is 10.0 Å². The highest BCUT2D eigenvalue weighted by molar-refractivity contribution is 7.89. The standard InChI is InChI=1S/C23H21N3O3S2/c1-15-8-10-17(31(28,29)26-12-4-5-13-26)14-19(15)22(27)25-23-24-21-18-7-3-2-6-16(18)9-11-20(21)30-23/h2-3,6-11,14H,4-5,12-13H2,1H3,(H,24,25,27). The van der Waals surface area contributed by atoms with Crippen molar-refractivity contribution in [3.8, 4) is 0 Å². The van der Waals surface area contributed by atoms with Gasteiger partial charge >= 0.3 is 0 Å². The first-order valence-electron chi connectivity index (χ1n) is 10.1. The van der Waals surface area contributed by atoms with Crippen LogP contribution in [0.15, 0.2) is 59.5 Å². The third kappa shape index (κ3) is 3.60. The molecule has 0 radical (unpaired) electrons. The van der Waals surface area contributed by atoms with Crippen LogP contribution >= 0.6 is 11.3 Å². The normalized spacial score (nSPS) is 15.0. The number of anilines is 1. The van der Waals surface area contributed by atoms with Crippen LogP contribution in [0.25, 0.3) is 21.0 Å². The summed E-state index contributed by atoms with van der Waals surface area (Å²) in [5, 5.41) is 5.48. The number of carbonyl (C=O) groups is 1. The van der Waals surface area contributed by atoms with E-state index in [0.717, 1.165) is 33.8 Å². The largest absolute Gasteiger partial charge is 0.298 e. The molecule has 0 bridgehead atoms. The van der Waals surface area contributed by atoms with Gasteiger partial charge in [-0.05, 0) is 48.9 Å². The molecule has 1 aromatic heterocycles. The van der Waals surface area contributed by atoms with Crippen molar-refractivity contribution in [1.82, 2.24) is 9.29 Å². The predicted octanol–water partition coefficient (Wildman–Crippen LogP) is 4.79. The summed E-state index contributed by atoms with van der Waals surface area (Å²) in [7, 11) is -3.59. The summed E-state index contributed by atoms with van der Waals surface area (Å²) in [6, 6.07) is 16.8. The molecular formula is C23H21N3O3S2. The summed E-state index contributed by atoms with van der Waals surface area (Å²) in [5.74, 6) is -0.362. The van der Waals surface area contributed by atoms with Crippen LogP contribution in [0, 0.1) is 6.92 Å². The smallest absolute Gasteiger partial charge is 0.257 e. The van der Waals surface area contributed by atoms with E-state index in [0.29, 0.717) is 29.3 Å². The molecule has 0 atom stereocenters. The zero-order valence-electron chi connectivity index (χ0n) is 17.0. The Labute approximate surface area is 184 Å². The molecule has 2 heterocycles. The van der Waals surface area contributed by atoms with Gasteiger partial charge in [0.25, 0.3) is 5.91 Å². The van der Waals surface area contributed by atoms with Gasteiger partial charge in [-0.2, -0.15) is 4.31 Å². The Balaban J connectivity index is 1.47. The van der Waals surface area contributed by atoms with Crippen molar-refractivity contribution in [3.63, 3.8) is 0 Å². The molecule has 0 aliphatic carbocycles. The van der Waals surface area contributed by atoms with E-state index in [1.165, 1.54) is 21.7 Å². The maximum absolute atomic E-state index is 13.0. The number of carbonyl (C=O) groups excluding carboxylic acids is 1. The van der Waals surface area contributed by atoms with E-state index in [1.807, 2.05) is 36.4 Å². The molecule has 3 aromatic carbocycles. The summed E-state index contributed by atoms with van der Waals surface area (Å²) in [6.45, 7) is 2.85. The summed E-state index contributed by atoms with van der Waals surface area (Å²) >= 11 is 1.40. The Hall–Kier alpha value is -2.81. The highest BCUT2D eigenvalue weighted by Crippen LogP contribution is 2.32. The number of aryl methyl sites for hydroxylation is 1. The van der Waals surface area contributed by atoms with Gasteiger partial charge in [0, 0.05) is 24.0 Å². The van der Waals surface area contributed by atoms with E-state index in [2.05, 4.69) is 10.3 Å². The molecule has 1 fully saturated rings. The molecule has 4 aromatic rings. The van der Waals surface area contributed by atoms with E-state index in [1.54, 1.807) is 19.1 Å². The molecule has 1 amide bonds. The van der Waals surface area contributed by atoms with E-state index in [9.17, 15) is 13.2 Å². The van der Waals surface area contributed by atoms with Gasteiger partial charge < -0.3 is 0 Å². The average molecular weight is 452 g/mol. The van der Waals surface area contributed by atoms with Crippen LogP contribution in [0.2, 0.25) is 0 Å². The minimum atomic E-state index is -3.59. The number of benzene rings is 3. The number of nitrogens with zero attached hydrogens (tertiary/aromatic N) is 2. The molecule has 1 aliphatic heterocycles. The molecule has 1 saturated heterocycles. The molecule has 31 heavy (non-hydrogen) atoms.